The van der Waals surface area contributed by atoms with Gasteiger partial charge in [0, 0.05) is 12.6 Å². The number of carbonyl (C=O) groups is 1. The van der Waals surface area contributed by atoms with Crippen LogP contribution in [0.3, 0.4) is 0 Å². The van der Waals surface area contributed by atoms with Gasteiger partial charge in [0.2, 0.25) is 15.9 Å². The quantitative estimate of drug-likeness (QED) is 0.664. The summed E-state index contributed by atoms with van der Waals surface area (Å²) in [6.45, 7) is 0.0129. The van der Waals surface area contributed by atoms with Crippen molar-refractivity contribution < 1.29 is 17.9 Å². The molecule has 0 fully saturated rings. The Balaban J connectivity index is 1.71. The van der Waals surface area contributed by atoms with Crippen LogP contribution in [-0.2, 0) is 21.4 Å². The van der Waals surface area contributed by atoms with Gasteiger partial charge in [-0.25, -0.2) is 8.42 Å². The highest BCUT2D eigenvalue weighted by atomic mass is 32.2. The average Bonchev–Trinajstić information content (AvgIpc) is 2.69. The molecule has 0 radical (unpaired) electrons. The van der Waals surface area contributed by atoms with Crippen molar-refractivity contribution in [3.8, 4) is 5.75 Å². The van der Waals surface area contributed by atoms with Crippen LogP contribution in [0, 0.1) is 0 Å². The first-order chi connectivity index (χ1) is 13.4. The van der Waals surface area contributed by atoms with Gasteiger partial charge in [-0.1, -0.05) is 42.5 Å². The van der Waals surface area contributed by atoms with E-state index in [0.717, 1.165) is 26.9 Å². The van der Waals surface area contributed by atoms with Gasteiger partial charge in [0.15, 0.2) is 0 Å². The molecule has 0 aliphatic rings. The summed E-state index contributed by atoms with van der Waals surface area (Å²) in [7, 11) is -2.13. The van der Waals surface area contributed by atoms with Crippen molar-refractivity contribution in [2.24, 2.45) is 0 Å². The van der Waals surface area contributed by atoms with Gasteiger partial charge in [0.1, 0.15) is 12.3 Å². The Morgan fingerprint density at radius 1 is 1.00 bits per heavy atom. The van der Waals surface area contributed by atoms with E-state index < -0.39 is 10.0 Å². The molecule has 0 bridgehead atoms. The lowest BCUT2D eigenvalue weighted by molar-refractivity contribution is -0.119. The zero-order valence-electron chi connectivity index (χ0n) is 15.8. The summed E-state index contributed by atoms with van der Waals surface area (Å²) in [4.78, 5) is 12.4. The SMILES string of the molecule is COc1cccc(N(CC(=O)NCc2ccc3ccccc3c2)S(C)(=O)=O)c1. The first-order valence-electron chi connectivity index (χ1n) is 8.73. The molecule has 3 aromatic rings. The smallest absolute Gasteiger partial charge is 0.241 e. The van der Waals surface area contributed by atoms with E-state index in [4.69, 9.17) is 4.74 Å². The number of benzene rings is 3. The lowest BCUT2D eigenvalue weighted by Gasteiger charge is -2.22. The molecule has 6 nitrogen and oxygen atoms in total. The lowest BCUT2D eigenvalue weighted by Crippen LogP contribution is -2.40. The fraction of sp³-hybridized carbons (Fsp3) is 0.190. The van der Waals surface area contributed by atoms with Crippen molar-refractivity contribution in [2.75, 3.05) is 24.2 Å². The number of nitrogens with one attached hydrogen (secondary N) is 1. The van der Waals surface area contributed by atoms with E-state index in [0.29, 0.717) is 18.0 Å². The number of methoxy groups -OCH3 is 1. The normalized spacial score (nSPS) is 11.2. The average molecular weight is 398 g/mol. The van der Waals surface area contributed by atoms with Gasteiger partial charge in [0.05, 0.1) is 19.1 Å². The van der Waals surface area contributed by atoms with E-state index in [9.17, 15) is 13.2 Å². The Hall–Kier alpha value is -3.06. The van der Waals surface area contributed by atoms with E-state index in [2.05, 4.69) is 5.32 Å². The molecule has 0 atom stereocenters. The van der Waals surface area contributed by atoms with Crippen LogP contribution >= 0.6 is 0 Å². The third kappa shape index (κ3) is 4.80. The third-order valence-corrected chi connectivity index (χ3v) is 5.47. The lowest BCUT2D eigenvalue weighted by atomic mass is 10.1. The summed E-state index contributed by atoms with van der Waals surface area (Å²) in [5, 5.41) is 5.00. The second-order valence-electron chi connectivity index (χ2n) is 6.43. The van der Waals surface area contributed by atoms with E-state index in [-0.39, 0.29) is 12.5 Å². The minimum atomic E-state index is -3.63. The highest BCUT2D eigenvalue weighted by Crippen LogP contribution is 2.23. The maximum Gasteiger partial charge on any atom is 0.241 e. The molecule has 0 aliphatic heterocycles. The highest BCUT2D eigenvalue weighted by molar-refractivity contribution is 7.92. The summed E-state index contributed by atoms with van der Waals surface area (Å²) < 4.78 is 30.6. The van der Waals surface area contributed by atoms with Crippen LogP contribution in [0.5, 0.6) is 5.75 Å². The van der Waals surface area contributed by atoms with Crippen LogP contribution < -0.4 is 14.4 Å². The van der Waals surface area contributed by atoms with Gasteiger partial charge in [-0.15, -0.1) is 0 Å². The molecule has 0 saturated carbocycles. The molecule has 0 heterocycles. The minimum Gasteiger partial charge on any atom is -0.497 e. The second-order valence-corrected chi connectivity index (χ2v) is 8.34. The molecule has 1 amide bonds. The molecule has 0 saturated heterocycles. The Labute approximate surface area is 164 Å². The van der Waals surface area contributed by atoms with Gasteiger partial charge in [-0.05, 0) is 34.5 Å². The maximum absolute atomic E-state index is 12.4. The Morgan fingerprint density at radius 2 is 1.75 bits per heavy atom. The van der Waals surface area contributed by atoms with Gasteiger partial charge in [-0.2, -0.15) is 0 Å². The van der Waals surface area contributed by atoms with Crippen molar-refractivity contribution in [3.63, 3.8) is 0 Å². The Bertz CT molecular complexity index is 1100. The molecule has 1 N–H and O–H groups in total. The van der Waals surface area contributed by atoms with Crippen molar-refractivity contribution >= 4 is 32.4 Å². The number of anilines is 1. The van der Waals surface area contributed by atoms with Crippen LogP contribution in [0.15, 0.2) is 66.7 Å². The summed E-state index contributed by atoms with van der Waals surface area (Å²) in [6, 6.07) is 20.5. The van der Waals surface area contributed by atoms with Crippen molar-refractivity contribution in [1.82, 2.24) is 5.32 Å². The first-order valence-corrected chi connectivity index (χ1v) is 10.6. The number of nitrogens with zero attached hydrogens (tertiary/aromatic N) is 1. The van der Waals surface area contributed by atoms with E-state index >= 15 is 0 Å². The zero-order valence-corrected chi connectivity index (χ0v) is 16.6. The molecule has 7 heteroatoms. The van der Waals surface area contributed by atoms with E-state index in [1.54, 1.807) is 24.3 Å². The standard InChI is InChI=1S/C21H22N2O4S/c1-27-20-9-5-8-19(13-20)23(28(2,25)26)15-21(24)22-14-16-10-11-17-6-3-4-7-18(17)12-16/h3-13H,14-15H2,1-2H3,(H,22,24). The fourth-order valence-electron chi connectivity index (χ4n) is 2.90. The van der Waals surface area contributed by atoms with Gasteiger partial charge in [0.25, 0.3) is 0 Å². The molecule has 0 spiro atoms. The molecule has 3 rings (SSSR count). The van der Waals surface area contributed by atoms with Crippen LogP contribution in [0.25, 0.3) is 10.8 Å². The molecule has 146 valence electrons. The van der Waals surface area contributed by atoms with Gasteiger partial charge in [-0.3, -0.25) is 9.10 Å². The number of amides is 1. The monoisotopic (exact) mass is 398 g/mol. The molecular formula is C21H22N2O4S. The Kier molecular flexibility index (Phi) is 5.84. The number of carbonyl (C=O) groups excluding carboxylic acids is 1. The third-order valence-electron chi connectivity index (χ3n) is 4.33. The van der Waals surface area contributed by atoms with Crippen molar-refractivity contribution in [2.45, 2.75) is 6.54 Å². The van der Waals surface area contributed by atoms with Crippen LogP contribution in [0.1, 0.15) is 5.56 Å². The van der Waals surface area contributed by atoms with E-state index in [1.807, 2.05) is 42.5 Å². The number of hydrogen-bond acceptors (Lipinski definition) is 4. The molecule has 28 heavy (non-hydrogen) atoms. The fourth-order valence-corrected chi connectivity index (χ4v) is 3.75. The number of fused-ring (bicyclic) bond motifs is 1. The summed E-state index contributed by atoms with van der Waals surface area (Å²) >= 11 is 0. The minimum absolute atomic E-state index is 0.306. The predicted molar refractivity (Wildman–Crippen MR) is 111 cm³/mol. The molecule has 3 aromatic carbocycles. The number of ether oxygens (including phenoxy) is 1. The van der Waals surface area contributed by atoms with Crippen molar-refractivity contribution in [1.29, 1.82) is 0 Å². The molecular weight excluding hydrogens is 376 g/mol. The Morgan fingerprint density at radius 3 is 2.46 bits per heavy atom. The van der Waals surface area contributed by atoms with Gasteiger partial charge < -0.3 is 10.1 Å². The van der Waals surface area contributed by atoms with Crippen LogP contribution in [0.4, 0.5) is 5.69 Å². The molecule has 0 unspecified atom stereocenters. The van der Waals surface area contributed by atoms with E-state index in [1.165, 1.54) is 7.11 Å². The summed E-state index contributed by atoms with van der Waals surface area (Å²) in [6.07, 6.45) is 1.07. The highest BCUT2D eigenvalue weighted by Gasteiger charge is 2.21. The zero-order chi connectivity index (χ0) is 20.1. The molecule has 0 aromatic heterocycles. The maximum atomic E-state index is 12.4. The summed E-state index contributed by atoms with van der Waals surface area (Å²) in [5.41, 5.74) is 1.32. The van der Waals surface area contributed by atoms with Crippen LogP contribution in [0.2, 0.25) is 0 Å². The van der Waals surface area contributed by atoms with Crippen molar-refractivity contribution in [3.05, 3.63) is 72.3 Å². The number of sulfonamides is 1. The number of hydrogen-bond donors (Lipinski definition) is 1. The number of rotatable bonds is 7. The van der Waals surface area contributed by atoms with Crippen LogP contribution in [-0.4, -0.2) is 34.2 Å². The topological polar surface area (TPSA) is 75.7 Å². The molecule has 0 aliphatic carbocycles. The predicted octanol–water partition coefficient (Wildman–Crippen LogP) is 2.93. The summed E-state index contributed by atoms with van der Waals surface area (Å²) in [5.74, 6) is 0.129. The first kappa shape index (κ1) is 19.7. The van der Waals surface area contributed by atoms with Gasteiger partial charge >= 0.3 is 0 Å². The largest absolute Gasteiger partial charge is 0.497 e. The second kappa shape index (κ2) is 8.31.